The van der Waals surface area contributed by atoms with Gasteiger partial charge in [-0.3, -0.25) is 10.1 Å². The van der Waals surface area contributed by atoms with Crippen LogP contribution in [-0.2, 0) is 4.79 Å². The Kier molecular flexibility index (Phi) is 3.66. The summed E-state index contributed by atoms with van der Waals surface area (Å²) in [5.74, 6) is -0.416. The van der Waals surface area contributed by atoms with Gasteiger partial charge in [0.15, 0.2) is 0 Å². The van der Waals surface area contributed by atoms with E-state index in [9.17, 15) is 9.59 Å². The summed E-state index contributed by atoms with van der Waals surface area (Å²) in [6, 6.07) is 18.6. The molecule has 0 atom stereocenters. The summed E-state index contributed by atoms with van der Waals surface area (Å²) in [6.07, 6.45) is 0. The van der Waals surface area contributed by atoms with Gasteiger partial charge in [-0.15, -0.1) is 0 Å². The molecule has 1 aliphatic rings. The second kappa shape index (κ2) is 5.77. The molecule has 0 saturated carbocycles. The molecule has 0 bridgehead atoms. The van der Waals surface area contributed by atoms with Gasteiger partial charge in [0.1, 0.15) is 0 Å². The Morgan fingerprint density at radius 3 is 1.82 bits per heavy atom. The fraction of sp³-hybridized carbons (Fsp3) is 0.0556. The van der Waals surface area contributed by atoms with Gasteiger partial charge in [0, 0.05) is 5.57 Å². The lowest BCUT2D eigenvalue weighted by Crippen LogP contribution is -2.37. The smallest absolute Gasteiger partial charge is 0.272 e. The molecule has 0 aromatic heterocycles. The number of hydrogen-bond acceptors (Lipinski definition) is 2. The quantitative estimate of drug-likeness (QED) is 0.863. The molecule has 0 fully saturated rings. The minimum absolute atomic E-state index is 0.416. The van der Waals surface area contributed by atoms with Gasteiger partial charge in [-0.2, -0.15) is 4.99 Å². The van der Waals surface area contributed by atoms with Crippen LogP contribution in [0.4, 0.5) is 4.79 Å². The number of imide groups is 1. The van der Waals surface area contributed by atoms with Gasteiger partial charge in [-0.25, -0.2) is 4.79 Å². The maximum absolute atomic E-state index is 12.3. The van der Waals surface area contributed by atoms with Crippen molar-refractivity contribution in [3.63, 3.8) is 0 Å². The number of nitrogens with one attached hydrogen (secondary N) is 1. The van der Waals surface area contributed by atoms with Crippen LogP contribution in [0.5, 0.6) is 0 Å². The zero-order valence-electron chi connectivity index (χ0n) is 12.0. The summed E-state index contributed by atoms with van der Waals surface area (Å²) in [5.41, 5.74) is 3.44. The Labute approximate surface area is 128 Å². The van der Waals surface area contributed by atoms with E-state index < -0.39 is 11.9 Å². The van der Waals surface area contributed by atoms with Gasteiger partial charge >= 0.3 is 6.03 Å². The van der Waals surface area contributed by atoms with Crippen LogP contribution in [0.15, 0.2) is 71.2 Å². The van der Waals surface area contributed by atoms with E-state index in [0.717, 1.165) is 16.7 Å². The molecular weight excluding hydrogens is 276 g/mol. The second-order valence-corrected chi connectivity index (χ2v) is 4.94. The third-order valence-corrected chi connectivity index (χ3v) is 3.45. The molecule has 1 heterocycles. The predicted molar refractivity (Wildman–Crippen MR) is 85.6 cm³/mol. The molecule has 4 nitrogen and oxygen atoms in total. The number of nitrogens with zero attached hydrogens (tertiary/aromatic N) is 1. The molecule has 1 N–H and O–H groups in total. The molecule has 1 aliphatic heterocycles. The average molecular weight is 290 g/mol. The van der Waals surface area contributed by atoms with Crippen molar-refractivity contribution in [3.8, 4) is 0 Å². The number of carbonyl (C=O) groups is 2. The van der Waals surface area contributed by atoms with E-state index in [1.807, 2.05) is 60.7 Å². The van der Waals surface area contributed by atoms with Crippen molar-refractivity contribution in [2.24, 2.45) is 4.99 Å². The number of benzene rings is 2. The number of hydrogen-bond donors (Lipinski definition) is 1. The number of rotatable bonds is 2. The van der Waals surface area contributed by atoms with Gasteiger partial charge in [-0.1, -0.05) is 60.7 Å². The zero-order chi connectivity index (χ0) is 15.5. The molecule has 108 valence electrons. The summed E-state index contributed by atoms with van der Waals surface area (Å²) >= 11 is 0. The maximum Gasteiger partial charge on any atom is 0.348 e. The summed E-state index contributed by atoms with van der Waals surface area (Å²) in [5, 5.41) is 2.26. The maximum atomic E-state index is 12.3. The Morgan fingerprint density at radius 2 is 1.36 bits per heavy atom. The standard InChI is InChI=1S/C18H14N2O2/c1-12-15(17(21)20-18(22)19-12)16(13-8-4-2-5-9-13)14-10-6-3-7-11-14/h2-11H,1H3,(H,20,21,22). The third-order valence-electron chi connectivity index (χ3n) is 3.45. The molecule has 2 aromatic carbocycles. The minimum Gasteiger partial charge on any atom is -0.272 e. The summed E-state index contributed by atoms with van der Waals surface area (Å²) in [4.78, 5) is 27.6. The van der Waals surface area contributed by atoms with Gasteiger partial charge in [-0.05, 0) is 18.1 Å². The molecule has 0 saturated heterocycles. The topological polar surface area (TPSA) is 58.5 Å². The van der Waals surface area contributed by atoms with Crippen LogP contribution in [0.25, 0.3) is 5.57 Å². The first kappa shape index (κ1) is 13.9. The SMILES string of the molecule is CC1=NC(=O)NC(=O)C1=C(c1ccccc1)c1ccccc1. The summed E-state index contributed by atoms with van der Waals surface area (Å²) < 4.78 is 0. The van der Waals surface area contributed by atoms with E-state index in [1.165, 1.54) is 0 Å². The van der Waals surface area contributed by atoms with E-state index in [2.05, 4.69) is 10.3 Å². The third kappa shape index (κ3) is 2.59. The van der Waals surface area contributed by atoms with E-state index >= 15 is 0 Å². The highest BCUT2D eigenvalue weighted by Gasteiger charge is 2.26. The van der Waals surface area contributed by atoms with Crippen molar-refractivity contribution in [1.29, 1.82) is 0 Å². The van der Waals surface area contributed by atoms with E-state index in [1.54, 1.807) is 6.92 Å². The molecule has 22 heavy (non-hydrogen) atoms. The van der Waals surface area contributed by atoms with Crippen LogP contribution < -0.4 is 5.32 Å². The minimum atomic E-state index is -0.619. The molecule has 3 amide bonds. The average Bonchev–Trinajstić information content (AvgIpc) is 2.52. The predicted octanol–water partition coefficient (Wildman–Crippen LogP) is 3.20. The van der Waals surface area contributed by atoms with Crippen molar-refractivity contribution in [3.05, 3.63) is 77.4 Å². The van der Waals surface area contributed by atoms with Crippen LogP contribution in [0.3, 0.4) is 0 Å². The van der Waals surface area contributed by atoms with Crippen molar-refractivity contribution < 1.29 is 9.59 Å². The van der Waals surface area contributed by atoms with E-state index in [4.69, 9.17) is 0 Å². The second-order valence-electron chi connectivity index (χ2n) is 4.94. The van der Waals surface area contributed by atoms with Gasteiger partial charge in [0.2, 0.25) is 0 Å². The fourth-order valence-electron chi connectivity index (χ4n) is 2.52. The van der Waals surface area contributed by atoms with Crippen LogP contribution in [0.1, 0.15) is 18.1 Å². The number of carbonyl (C=O) groups excluding carboxylic acids is 2. The van der Waals surface area contributed by atoms with Gasteiger partial charge in [0.25, 0.3) is 5.91 Å². The monoisotopic (exact) mass is 290 g/mol. The highest BCUT2D eigenvalue weighted by Crippen LogP contribution is 2.28. The van der Waals surface area contributed by atoms with Crippen LogP contribution in [0.2, 0.25) is 0 Å². The molecular formula is C18H14N2O2. The summed E-state index contributed by atoms with van der Waals surface area (Å²) in [7, 11) is 0. The Hall–Kier alpha value is -3.01. The number of urea groups is 1. The van der Waals surface area contributed by atoms with E-state index in [0.29, 0.717) is 11.3 Å². The lowest BCUT2D eigenvalue weighted by Gasteiger charge is -2.18. The normalized spacial score (nSPS) is 14.4. The van der Waals surface area contributed by atoms with Crippen molar-refractivity contribution in [2.45, 2.75) is 6.92 Å². The molecule has 3 rings (SSSR count). The Morgan fingerprint density at radius 1 is 0.864 bits per heavy atom. The van der Waals surface area contributed by atoms with Crippen molar-refractivity contribution >= 4 is 23.2 Å². The number of amides is 3. The molecule has 0 spiro atoms. The van der Waals surface area contributed by atoms with Crippen LogP contribution in [0, 0.1) is 0 Å². The lowest BCUT2D eigenvalue weighted by atomic mass is 9.90. The lowest BCUT2D eigenvalue weighted by molar-refractivity contribution is -0.116. The van der Waals surface area contributed by atoms with E-state index in [-0.39, 0.29) is 0 Å². The molecule has 0 radical (unpaired) electrons. The van der Waals surface area contributed by atoms with Crippen LogP contribution >= 0.6 is 0 Å². The highest BCUT2D eigenvalue weighted by molar-refractivity contribution is 6.33. The van der Waals surface area contributed by atoms with Gasteiger partial charge in [0.05, 0.1) is 11.3 Å². The first-order valence-electron chi connectivity index (χ1n) is 6.93. The first-order valence-corrected chi connectivity index (χ1v) is 6.93. The van der Waals surface area contributed by atoms with Crippen LogP contribution in [-0.4, -0.2) is 17.6 Å². The van der Waals surface area contributed by atoms with Crippen molar-refractivity contribution in [2.75, 3.05) is 0 Å². The Bertz CT molecular complexity index is 749. The molecule has 4 heteroatoms. The van der Waals surface area contributed by atoms with Crippen molar-refractivity contribution in [1.82, 2.24) is 5.32 Å². The zero-order valence-corrected chi connectivity index (χ0v) is 12.0. The molecule has 0 aliphatic carbocycles. The first-order chi connectivity index (χ1) is 10.7. The highest BCUT2D eigenvalue weighted by atomic mass is 16.2. The molecule has 0 unspecified atom stereocenters. The largest absolute Gasteiger partial charge is 0.348 e. The number of aliphatic imine (C=N–C) groups is 1. The van der Waals surface area contributed by atoms with Gasteiger partial charge < -0.3 is 0 Å². The molecule has 2 aromatic rings. The summed E-state index contributed by atoms with van der Waals surface area (Å²) in [6.45, 7) is 1.68. The Balaban J connectivity index is 2.31. The fourth-order valence-corrected chi connectivity index (χ4v) is 2.52.